The predicted molar refractivity (Wildman–Crippen MR) is 124 cm³/mol. The van der Waals surface area contributed by atoms with E-state index in [0.29, 0.717) is 33.9 Å². The van der Waals surface area contributed by atoms with Gasteiger partial charge in [0, 0.05) is 54.4 Å². The third-order valence-corrected chi connectivity index (χ3v) is 5.68. The highest BCUT2D eigenvalue weighted by molar-refractivity contribution is 6.30. The summed E-state index contributed by atoms with van der Waals surface area (Å²) in [4.78, 5) is 32.7. The van der Waals surface area contributed by atoms with E-state index in [1.165, 1.54) is 0 Å². The first kappa shape index (κ1) is 20.9. The summed E-state index contributed by atoms with van der Waals surface area (Å²) in [5.41, 5.74) is 2.44. The number of carbonyl (C=O) groups is 2. The minimum atomic E-state index is -1.02. The molecule has 4 rings (SSSR count). The number of anilines is 3. The Morgan fingerprint density at radius 1 is 1.03 bits per heavy atom. The summed E-state index contributed by atoms with van der Waals surface area (Å²) in [6.45, 7) is 4.81. The fourth-order valence-corrected chi connectivity index (χ4v) is 3.85. The maximum Gasteiger partial charge on any atom is 0.336 e. The standard InChI is InChI=1S/C23H23ClN4O3/c1-2-22(29)25-16-5-8-20-18(13-16)19(23(30)31)14-21(26-20)28-11-9-27(10-12-28)17-6-3-15(24)4-7-17/h3-8,13-14H,2,9-12H2,1H3,(H,25,29)(H,30,31). The molecule has 31 heavy (non-hydrogen) atoms. The number of nitrogens with one attached hydrogen (secondary N) is 1. The molecule has 7 nitrogen and oxygen atoms in total. The average Bonchev–Trinajstić information content (AvgIpc) is 2.78. The Morgan fingerprint density at radius 3 is 2.35 bits per heavy atom. The third-order valence-electron chi connectivity index (χ3n) is 5.43. The van der Waals surface area contributed by atoms with Crippen molar-refractivity contribution >= 4 is 51.6 Å². The molecule has 2 aromatic carbocycles. The second-order valence-corrected chi connectivity index (χ2v) is 7.85. The van der Waals surface area contributed by atoms with Crippen molar-refractivity contribution in [3.05, 3.63) is 59.1 Å². The van der Waals surface area contributed by atoms with E-state index in [2.05, 4.69) is 15.1 Å². The summed E-state index contributed by atoms with van der Waals surface area (Å²) in [5, 5.41) is 13.8. The van der Waals surface area contributed by atoms with Gasteiger partial charge in [0.05, 0.1) is 11.1 Å². The summed E-state index contributed by atoms with van der Waals surface area (Å²) in [7, 11) is 0. The van der Waals surface area contributed by atoms with Gasteiger partial charge < -0.3 is 20.2 Å². The van der Waals surface area contributed by atoms with Crippen molar-refractivity contribution in [2.75, 3.05) is 41.3 Å². The number of carboxylic acid groups (broad SMARTS) is 1. The molecule has 1 aliphatic rings. The van der Waals surface area contributed by atoms with Gasteiger partial charge in [0.15, 0.2) is 0 Å². The van der Waals surface area contributed by atoms with Crippen LogP contribution in [0.3, 0.4) is 0 Å². The van der Waals surface area contributed by atoms with Gasteiger partial charge in [0.1, 0.15) is 5.82 Å². The zero-order valence-corrected chi connectivity index (χ0v) is 17.9. The van der Waals surface area contributed by atoms with E-state index in [1.807, 2.05) is 24.3 Å². The predicted octanol–water partition coefficient (Wildman–Crippen LogP) is 4.26. The first-order valence-corrected chi connectivity index (χ1v) is 10.6. The van der Waals surface area contributed by atoms with E-state index in [-0.39, 0.29) is 11.5 Å². The molecule has 0 spiro atoms. The van der Waals surface area contributed by atoms with Crippen molar-refractivity contribution in [1.29, 1.82) is 0 Å². The Morgan fingerprint density at radius 2 is 1.71 bits per heavy atom. The van der Waals surface area contributed by atoms with Crippen molar-refractivity contribution in [1.82, 2.24) is 4.98 Å². The van der Waals surface area contributed by atoms with Crippen LogP contribution in [0.5, 0.6) is 0 Å². The van der Waals surface area contributed by atoms with E-state index in [0.717, 1.165) is 31.9 Å². The third kappa shape index (κ3) is 4.56. The largest absolute Gasteiger partial charge is 0.478 e. The van der Waals surface area contributed by atoms with Gasteiger partial charge in [-0.1, -0.05) is 18.5 Å². The summed E-state index contributed by atoms with van der Waals surface area (Å²) < 4.78 is 0. The molecule has 1 amide bonds. The van der Waals surface area contributed by atoms with Gasteiger partial charge in [0.2, 0.25) is 5.91 Å². The molecule has 1 aromatic heterocycles. The molecule has 0 saturated carbocycles. The number of aromatic nitrogens is 1. The summed E-state index contributed by atoms with van der Waals surface area (Å²) in [5.74, 6) is -0.502. The molecule has 2 heterocycles. The smallest absolute Gasteiger partial charge is 0.336 e. The molecule has 2 N–H and O–H groups in total. The van der Waals surface area contributed by atoms with Gasteiger partial charge in [-0.2, -0.15) is 0 Å². The number of hydrogen-bond acceptors (Lipinski definition) is 5. The number of carboxylic acids is 1. The van der Waals surface area contributed by atoms with Crippen LogP contribution < -0.4 is 15.1 Å². The van der Waals surface area contributed by atoms with Crippen LogP contribution in [0, 0.1) is 0 Å². The molecule has 0 unspecified atom stereocenters. The summed E-state index contributed by atoms with van der Waals surface area (Å²) >= 11 is 5.98. The first-order chi connectivity index (χ1) is 14.9. The van der Waals surface area contributed by atoms with Crippen LogP contribution in [0.25, 0.3) is 10.9 Å². The lowest BCUT2D eigenvalue weighted by Gasteiger charge is -2.37. The summed E-state index contributed by atoms with van der Waals surface area (Å²) in [6, 6.07) is 14.6. The molecule has 8 heteroatoms. The zero-order valence-electron chi connectivity index (χ0n) is 17.1. The van der Waals surface area contributed by atoms with Crippen LogP contribution >= 0.6 is 11.6 Å². The Labute approximate surface area is 185 Å². The molecule has 0 atom stereocenters. The fraction of sp³-hybridized carbons (Fsp3) is 0.261. The van der Waals surface area contributed by atoms with Crippen LogP contribution in [0.15, 0.2) is 48.5 Å². The van der Waals surface area contributed by atoms with E-state index in [9.17, 15) is 14.7 Å². The number of rotatable bonds is 5. The molecular formula is C23H23ClN4O3. The minimum absolute atomic E-state index is 0.126. The topological polar surface area (TPSA) is 85.8 Å². The van der Waals surface area contributed by atoms with Crippen molar-refractivity contribution in [2.45, 2.75) is 13.3 Å². The maximum atomic E-state index is 12.0. The number of fused-ring (bicyclic) bond motifs is 1. The number of piperazine rings is 1. The minimum Gasteiger partial charge on any atom is -0.478 e. The van der Waals surface area contributed by atoms with Crippen LogP contribution in [-0.2, 0) is 4.79 Å². The number of carbonyl (C=O) groups excluding carboxylic acids is 1. The SMILES string of the molecule is CCC(=O)Nc1ccc2nc(N3CCN(c4ccc(Cl)cc4)CC3)cc(C(=O)O)c2c1. The lowest BCUT2D eigenvalue weighted by molar-refractivity contribution is -0.115. The highest BCUT2D eigenvalue weighted by Crippen LogP contribution is 2.27. The van der Waals surface area contributed by atoms with Crippen LogP contribution in [0.4, 0.5) is 17.2 Å². The van der Waals surface area contributed by atoms with Gasteiger partial charge in [-0.15, -0.1) is 0 Å². The Hall–Kier alpha value is -3.32. The number of pyridine rings is 1. The molecule has 1 saturated heterocycles. The molecular weight excluding hydrogens is 416 g/mol. The molecule has 0 bridgehead atoms. The van der Waals surface area contributed by atoms with E-state index < -0.39 is 5.97 Å². The normalized spacial score (nSPS) is 14.0. The van der Waals surface area contributed by atoms with E-state index >= 15 is 0 Å². The van der Waals surface area contributed by atoms with Gasteiger partial charge >= 0.3 is 5.97 Å². The number of halogens is 1. The first-order valence-electron chi connectivity index (χ1n) is 10.2. The molecule has 0 radical (unpaired) electrons. The van der Waals surface area contributed by atoms with Crippen molar-refractivity contribution < 1.29 is 14.7 Å². The Balaban J connectivity index is 1.58. The van der Waals surface area contributed by atoms with Gasteiger partial charge in [0.25, 0.3) is 0 Å². The number of nitrogens with zero attached hydrogens (tertiary/aromatic N) is 3. The van der Waals surface area contributed by atoms with Crippen molar-refractivity contribution in [2.24, 2.45) is 0 Å². The van der Waals surface area contributed by atoms with E-state index in [4.69, 9.17) is 16.6 Å². The number of amides is 1. The van der Waals surface area contributed by atoms with Crippen molar-refractivity contribution in [3.63, 3.8) is 0 Å². The highest BCUT2D eigenvalue weighted by Gasteiger charge is 2.21. The van der Waals surface area contributed by atoms with Crippen molar-refractivity contribution in [3.8, 4) is 0 Å². The van der Waals surface area contributed by atoms with Gasteiger partial charge in [-0.25, -0.2) is 9.78 Å². The second kappa shape index (κ2) is 8.81. The fourth-order valence-electron chi connectivity index (χ4n) is 3.72. The molecule has 1 fully saturated rings. The maximum absolute atomic E-state index is 12.0. The Kier molecular flexibility index (Phi) is 5.95. The number of benzene rings is 2. The quantitative estimate of drug-likeness (QED) is 0.619. The lowest BCUT2D eigenvalue weighted by Crippen LogP contribution is -2.46. The summed E-state index contributed by atoms with van der Waals surface area (Å²) in [6.07, 6.45) is 0.350. The molecule has 160 valence electrons. The van der Waals surface area contributed by atoms with Gasteiger partial charge in [-0.05, 0) is 48.5 Å². The molecule has 0 aliphatic carbocycles. The average molecular weight is 439 g/mol. The number of hydrogen-bond donors (Lipinski definition) is 2. The lowest BCUT2D eigenvalue weighted by atomic mass is 10.1. The molecule has 3 aromatic rings. The molecule has 1 aliphatic heterocycles. The second-order valence-electron chi connectivity index (χ2n) is 7.42. The Bertz CT molecular complexity index is 1130. The van der Waals surface area contributed by atoms with E-state index in [1.54, 1.807) is 31.2 Å². The monoisotopic (exact) mass is 438 g/mol. The zero-order chi connectivity index (χ0) is 22.0. The van der Waals surface area contributed by atoms with Crippen LogP contribution in [-0.4, -0.2) is 48.1 Å². The number of aromatic carboxylic acids is 1. The highest BCUT2D eigenvalue weighted by atomic mass is 35.5. The van der Waals surface area contributed by atoms with Gasteiger partial charge in [-0.3, -0.25) is 4.79 Å². The van der Waals surface area contributed by atoms with Crippen LogP contribution in [0.1, 0.15) is 23.7 Å². The van der Waals surface area contributed by atoms with Crippen LogP contribution in [0.2, 0.25) is 5.02 Å².